The zero-order valence-electron chi connectivity index (χ0n) is 7.85. The molecule has 1 N–H and O–H groups in total. The number of benzene rings is 2. The van der Waals surface area contributed by atoms with Crippen molar-refractivity contribution < 1.29 is 9.50 Å². The highest BCUT2D eigenvalue weighted by Crippen LogP contribution is 2.29. The first kappa shape index (κ1) is 10.1. The second-order valence-corrected chi connectivity index (χ2v) is 4.18. The van der Waals surface area contributed by atoms with Crippen LogP contribution >= 0.6 is 11.8 Å². The fourth-order valence-corrected chi connectivity index (χ4v) is 2.04. The van der Waals surface area contributed by atoms with Crippen LogP contribution in [0.15, 0.2) is 58.3 Å². The van der Waals surface area contributed by atoms with Crippen LogP contribution in [0, 0.1) is 5.82 Å². The molecule has 0 fully saturated rings. The highest BCUT2D eigenvalue weighted by molar-refractivity contribution is 7.99. The maximum absolute atomic E-state index is 13.0. The number of aromatic hydroxyl groups is 1. The lowest BCUT2D eigenvalue weighted by Crippen LogP contribution is -1.78. The molecule has 15 heavy (non-hydrogen) atoms. The van der Waals surface area contributed by atoms with Gasteiger partial charge in [-0.3, -0.25) is 0 Å². The number of halogens is 1. The topological polar surface area (TPSA) is 20.2 Å². The largest absolute Gasteiger partial charge is 0.505 e. The molecule has 0 amide bonds. The molecule has 0 aliphatic heterocycles. The zero-order chi connectivity index (χ0) is 10.7. The molecule has 0 radical (unpaired) electrons. The van der Waals surface area contributed by atoms with E-state index in [1.54, 1.807) is 6.07 Å². The third-order valence-corrected chi connectivity index (χ3v) is 2.90. The van der Waals surface area contributed by atoms with E-state index in [-0.39, 0.29) is 5.75 Å². The van der Waals surface area contributed by atoms with Crippen LogP contribution in [0.5, 0.6) is 5.75 Å². The molecule has 76 valence electrons. The lowest BCUT2D eigenvalue weighted by atomic mass is 10.3. The van der Waals surface area contributed by atoms with Gasteiger partial charge in [0.2, 0.25) is 0 Å². The Labute approximate surface area is 91.6 Å². The Morgan fingerprint density at radius 2 is 1.67 bits per heavy atom. The number of phenols is 1. The Morgan fingerprint density at radius 1 is 0.933 bits per heavy atom. The SMILES string of the molecule is Oc1ccc(Sc2ccccc2)cc1F. The van der Waals surface area contributed by atoms with Gasteiger partial charge in [0.25, 0.3) is 0 Å². The van der Waals surface area contributed by atoms with Crippen molar-refractivity contribution in [2.24, 2.45) is 0 Å². The van der Waals surface area contributed by atoms with Crippen LogP contribution in [0.3, 0.4) is 0 Å². The molecule has 2 aromatic carbocycles. The van der Waals surface area contributed by atoms with Gasteiger partial charge in [-0.1, -0.05) is 30.0 Å². The molecule has 0 spiro atoms. The Hall–Kier alpha value is -1.48. The van der Waals surface area contributed by atoms with E-state index in [0.29, 0.717) is 0 Å². The number of phenolic OH excluding ortho intramolecular Hbond substituents is 1. The summed E-state index contributed by atoms with van der Waals surface area (Å²) in [6.07, 6.45) is 0. The maximum atomic E-state index is 13.0. The molecular weight excluding hydrogens is 211 g/mol. The number of hydrogen-bond donors (Lipinski definition) is 1. The molecule has 3 heteroatoms. The van der Waals surface area contributed by atoms with E-state index in [1.807, 2.05) is 30.3 Å². The summed E-state index contributed by atoms with van der Waals surface area (Å²) in [7, 11) is 0. The Balaban J connectivity index is 2.22. The summed E-state index contributed by atoms with van der Waals surface area (Å²) >= 11 is 1.46. The van der Waals surface area contributed by atoms with E-state index in [9.17, 15) is 4.39 Å². The summed E-state index contributed by atoms with van der Waals surface area (Å²) in [4.78, 5) is 1.82. The fourth-order valence-electron chi connectivity index (χ4n) is 1.18. The predicted molar refractivity (Wildman–Crippen MR) is 58.6 cm³/mol. The summed E-state index contributed by atoms with van der Waals surface area (Å²) in [5.74, 6) is -0.900. The maximum Gasteiger partial charge on any atom is 0.165 e. The summed E-state index contributed by atoms with van der Waals surface area (Å²) < 4.78 is 13.0. The van der Waals surface area contributed by atoms with Gasteiger partial charge in [0.15, 0.2) is 11.6 Å². The van der Waals surface area contributed by atoms with E-state index < -0.39 is 5.82 Å². The molecule has 0 heterocycles. The number of rotatable bonds is 2. The van der Waals surface area contributed by atoms with Crippen molar-refractivity contribution in [3.05, 3.63) is 54.3 Å². The van der Waals surface area contributed by atoms with Gasteiger partial charge in [0.1, 0.15) is 0 Å². The van der Waals surface area contributed by atoms with E-state index in [0.717, 1.165) is 9.79 Å². The minimum absolute atomic E-state index is 0.313. The third kappa shape index (κ3) is 2.50. The summed E-state index contributed by atoms with van der Waals surface area (Å²) in [5.41, 5.74) is 0. The first-order chi connectivity index (χ1) is 7.25. The van der Waals surface area contributed by atoms with E-state index >= 15 is 0 Å². The van der Waals surface area contributed by atoms with Gasteiger partial charge in [-0.05, 0) is 30.3 Å². The predicted octanol–water partition coefficient (Wildman–Crippen LogP) is 3.68. The fraction of sp³-hybridized carbons (Fsp3) is 0. The van der Waals surface area contributed by atoms with Crippen LogP contribution in [-0.4, -0.2) is 5.11 Å². The zero-order valence-corrected chi connectivity index (χ0v) is 8.67. The van der Waals surface area contributed by atoms with E-state index in [1.165, 1.54) is 23.9 Å². The minimum Gasteiger partial charge on any atom is -0.505 e. The van der Waals surface area contributed by atoms with Crippen molar-refractivity contribution in [2.45, 2.75) is 9.79 Å². The van der Waals surface area contributed by atoms with Gasteiger partial charge in [-0.25, -0.2) is 4.39 Å². The van der Waals surface area contributed by atoms with Gasteiger partial charge < -0.3 is 5.11 Å². The summed E-state index contributed by atoms with van der Waals surface area (Å²) in [6, 6.07) is 14.1. The average molecular weight is 220 g/mol. The lowest BCUT2D eigenvalue weighted by molar-refractivity contribution is 0.431. The Morgan fingerprint density at radius 3 is 2.33 bits per heavy atom. The van der Waals surface area contributed by atoms with Crippen molar-refractivity contribution >= 4 is 11.8 Å². The van der Waals surface area contributed by atoms with Gasteiger partial charge in [-0.15, -0.1) is 0 Å². The quantitative estimate of drug-likeness (QED) is 0.833. The van der Waals surface area contributed by atoms with Gasteiger partial charge >= 0.3 is 0 Å². The third-order valence-electron chi connectivity index (χ3n) is 1.90. The van der Waals surface area contributed by atoms with Gasteiger partial charge in [0, 0.05) is 9.79 Å². The second kappa shape index (κ2) is 4.36. The highest BCUT2D eigenvalue weighted by atomic mass is 32.2. The Bertz CT molecular complexity index is 456. The molecule has 0 unspecified atom stereocenters. The van der Waals surface area contributed by atoms with Crippen LogP contribution in [0.25, 0.3) is 0 Å². The standard InChI is InChI=1S/C12H9FOS/c13-11-8-10(6-7-12(11)14)15-9-4-2-1-3-5-9/h1-8,14H. The minimum atomic E-state index is -0.587. The number of hydrogen-bond acceptors (Lipinski definition) is 2. The van der Waals surface area contributed by atoms with E-state index in [2.05, 4.69) is 0 Å². The Kier molecular flexibility index (Phi) is 2.92. The van der Waals surface area contributed by atoms with Crippen molar-refractivity contribution in [2.75, 3.05) is 0 Å². The summed E-state index contributed by atoms with van der Waals surface area (Å²) in [6.45, 7) is 0. The van der Waals surface area contributed by atoms with Gasteiger partial charge in [0.05, 0.1) is 0 Å². The molecule has 0 bridgehead atoms. The molecule has 0 aliphatic rings. The lowest BCUT2D eigenvalue weighted by Gasteiger charge is -2.02. The van der Waals surface area contributed by atoms with E-state index in [4.69, 9.17) is 5.11 Å². The first-order valence-electron chi connectivity index (χ1n) is 4.47. The van der Waals surface area contributed by atoms with Crippen LogP contribution in [0.1, 0.15) is 0 Å². The molecule has 2 rings (SSSR count). The van der Waals surface area contributed by atoms with Crippen LogP contribution in [0.2, 0.25) is 0 Å². The van der Waals surface area contributed by atoms with Gasteiger partial charge in [-0.2, -0.15) is 0 Å². The molecule has 2 aromatic rings. The average Bonchev–Trinajstić information content (AvgIpc) is 2.25. The molecule has 0 saturated heterocycles. The molecule has 0 aromatic heterocycles. The van der Waals surface area contributed by atoms with Crippen LogP contribution in [-0.2, 0) is 0 Å². The van der Waals surface area contributed by atoms with Crippen molar-refractivity contribution in [3.8, 4) is 5.75 Å². The molecule has 0 saturated carbocycles. The molecular formula is C12H9FOS. The monoisotopic (exact) mass is 220 g/mol. The van der Waals surface area contributed by atoms with Crippen molar-refractivity contribution in [1.29, 1.82) is 0 Å². The second-order valence-electron chi connectivity index (χ2n) is 3.03. The van der Waals surface area contributed by atoms with Crippen LogP contribution in [0.4, 0.5) is 4.39 Å². The molecule has 1 nitrogen and oxygen atoms in total. The summed E-state index contributed by atoms with van der Waals surface area (Å²) in [5, 5.41) is 9.03. The van der Waals surface area contributed by atoms with Crippen LogP contribution < -0.4 is 0 Å². The first-order valence-corrected chi connectivity index (χ1v) is 5.29. The normalized spacial score (nSPS) is 10.2. The van der Waals surface area contributed by atoms with Crippen molar-refractivity contribution in [1.82, 2.24) is 0 Å². The highest BCUT2D eigenvalue weighted by Gasteiger charge is 2.02. The smallest absolute Gasteiger partial charge is 0.165 e. The van der Waals surface area contributed by atoms with Crippen molar-refractivity contribution in [3.63, 3.8) is 0 Å². The molecule has 0 atom stereocenters. The molecule has 0 aliphatic carbocycles.